The van der Waals surface area contributed by atoms with Crippen molar-refractivity contribution in [1.29, 1.82) is 0 Å². The van der Waals surface area contributed by atoms with E-state index in [0.29, 0.717) is 37.4 Å². The van der Waals surface area contributed by atoms with Crippen LogP contribution in [0.15, 0.2) is 75.0 Å². The van der Waals surface area contributed by atoms with Crippen LogP contribution in [0.2, 0.25) is 0 Å². The van der Waals surface area contributed by atoms with Crippen LogP contribution >= 0.6 is 0 Å². The van der Waals surface area contributed by atoms with Crippen LogP contribution in [-0.2, 0) is 13.6 Å². The van der Waals surface area contributed by atoms with Gasteiger partial charge in [0.2, 0.25) is 0 Å². The lowest BCUT2D eigenvalue weighted by Gasteiger charge is -2.36. The van der Waals surface area contributed by atoms with Gasteiger partial charge in [0.05, 0.1) is 18.5 Å². The fraction of sp³-hybridized carbons (Fsp3) is 0.240. The molecule has 4 heterocycles. The maximum absolute atomic E-state index is 13.5. The Labute approximate surface area is 199 Å². The molecule has 1 aromatic carbocycles. The maximum atomic E-state index is 13.5. The van der Waals surface area contributed by atoms with Crippen LogP contribution in [0.5, 0.6) is 0 Å². The van der Waals surface area contributed by atoms with Crippen molar-refractivity contribution < 1.29 is 14.0 Å². The maximum Gasteiger partial charge on any atom is 0.332 e. The summed E-state index contributed by atoms with van der Waals surface area (Å²) in [4.78, 5) is 59.8. The quantitative estimate of drug-likeness (QED) is 0.404. The SMILES string of the molecule is Cn1c(=O)n(CC(=O)c2ccccc2)c(=O)c2c(N3CCN(C(=O)c4ccco4)CC3)ccnc21. The number of fused-ring (bicyclic) bond motifs is 1. The second-order valence-electron chi connectivity index (χ2n) is 8.31. The normalized spacial score (nSPS) is 13.9. The number of benzene rings is 1. The van der Waals surface area contributed by atoms with Crippen molar-refractivity contribution in [1.82, 2.24) is 19.0 Å². The van der Waals surface area contributed by atoms with Crippen molar-refractivity contribution in [2.45, 2.75) is 6.54 Å². The number of pyridine rings is 1. The predicted molar refractivity (Wildman–Crippen MR) is 129 cm³/mol. The molecule has 0 aliphatic carbocycles. The molecule has 35 heavy (non-hydrogen) atoms. The van der Waals surface area contributed by atoms with E-state index in [0.717, 1.165) is 4.57 Å². The van der Waals surface area contributed by atoms with Crippen LogP contribution in [0.4, 0.5) is 5.69 Å². The molecule has 1 saturated heterocycles. The molecule has 4 aromatic rings. The zero-order valence-electron chi connectivity index (χ0n) is 19.1. The van der Waals surface area contributed by atoms with E-state index in [-0.39, 0.29) is 35.0 Å². The van der Waals surface area contributed by atoms with E-state index < -0.39 is 11.2 Å². The highest BCUT2D eigenvalue weighted by molar-refractivity contribution is 5.96. The first-order valence-corrected chi connectivity index (χ1v) is 11.2. The second kappa shape index (κ2) is 9.05. The molecule has 3 aromatic heterocycles. The van der Waals surface area contributed by atoms with Gasteiger partial charge in [0, 0.05) is 45.0 Å². The Bertz CT molecular complexity index is 1510. The van der Waals surface area contributed by atoms with Gasteiger partial charge in [-0.05, 0) is 18.2 Å². The highest BCUT2D eigenvalue weighted by Gasteiger charge is 2.26. The number of Topliss-reactive ketones (excluding diaryl/α,β-unsaturated/α-hetero) is 1. The number of aryl methyl sites for hydroxylation is 1. The Kier molecular flexibility index (Phi) is 5.77. The molecule has 0 unspecified atom stereocenters. The smallest absolute Gasteiger partial charge is 0.332 e. The van der Waals surface area contributed by atoms with Crippen LogP contribution in [0.1, 0.15) is 20.9 Å². The number of piperazine rings is 1. The fourth-order valence-electron chi connectivity index (χ4n) is 4.36. The summed E-state index contributed by atoms with van der Waals surface area (Å²) >= 11 is 0. The molecule has 0 saturated carbocycles. The van der Waals surface area contributed by atoms with Crippen molar-refractivity contribution >= 4 is 28.4 Å². The van der Waals surface area contributed by atoms with Crippen molar-refractivity contribution in [2.75, 3.05) is 31.1 Å². The van der Waals surface area contributed by atoms with Crippen molar-refractivity contribution in [3.63, 3.8) is 0 Å². The summed E-state index contributed by atoms with van der Waals surface area (Å²) in [7, 11) is 1.53. The van der Waals surface area contributed by atoms with Crippen molar-refractivity contribution in [3.05, 3.63) is 93.2 Å². The van der Waals surface area contributed by atoms with Gasteiger partial charge in [0.15, 0.2) is 17.2 Å². The first-order chi connectivity index (χ1) is 17.0. The summed E-state index contributed by atoms with van der Waals surface area (Å²) in [6, 6.07) is 13.6. The standard InChI is InChI=1S/C25H23N5O5/c1-27-22-21(24(33)30(25(27)34)16-19(31)17-6-3-2-4-7-17)18(9-10-26-22)28-11-13-29(14-12-28)23(32)20-8-5-15-35-20/h2-10,15H,11-14,16H2,1H3. The molecule has 10 heteroatoms. The Morgan fingerprint density at radius 3 is 2.40 bits per heavy atom. The van der Waals surface area contributed by atoms with E-state index in [1.165, 1.54) is 17.9 Å². The van der Waals surface area contributed by atoms with Gasteiger partial charge in [-0.15, -0.1) is 0 Å². The molecule has 1 aliphatic rings. The summed E-state index contributed by atoms with van der Waals surface area (Å²) in [5, 5.41) is 0.265. The van der Waals surface area contributed by atoms with Gasteiger partial charge in [-0.3, -0.25) is 23.5 Å². The largest absolute Gasteiger partial charge is 0.459 e. The number of aromatic nitrogens is 3. The molecular formula is C25H23N5O5. The Morgan fingerprint density at radius 1 is 0.971 bits per heavy atom. The molecule has 5 rings (SSSR count). The predicted octanol–water partition coefficient (Wildman–Crippen LogP) is 1.53. The minimum Gasteiger partial charge on any atom is -0.459 e. The monoisotopic (exact) mass is 473 g/mol. The van der Waals surface area contributed by atoms with E-state index in [1.54, 1.807) is 59.6 Å². The number of furan rings is 1. The molecule has 0 radical (unpaired) electrons. The molecule has 1 amide bonds. The number of hydrogen-bond acceptors (Lipinski definition) is 7. The molecule has 10 nitrogen and oxygen atoms in total. The van der Waals surface area contributed by atoms with Crippen LogP contribution < -0.4 is 16.1 Å². The van der Waals surface area contributed by atoms with E-state index in [4.69, 9.17) is 4.42 Å². The first-order valence-electron chi connectivity index (χ1n) is 11.2. The molecule has 0 spiro atoms. The lowest BCUT2D eigenvalue weighted by molar-refractivity contribution is 0.0714. The van der Waals surface area contributed by atoms with Crippen LogP contribution in [0.25, 0.3) is 11.0 Å². The number of ketones is 1. The Hall–Kier alpha value is -4.47. The van der Waals surface area contributed by atoms with Crippen molar-refractivity contribution in [2.24, 2.45) is 7.05 Å². The molecule has 0 atom stereocenters. The lowest BCUT2D eigenvalue weighted by Crippen LogP contribution is -2.49. The third-order valence-electron chi connectivity index (χ3n) is 6.24. The minimum absolute atomic E-state index is 0.182. The van der Waals surface area contributed by atoms with E-state index in [1.807, 2.05) is 4.90 Å². The van der Waals surface area contributed by atoms with Crippen LogP contribution in [0, 0.1) is 0 Å². The molecule has 1 aliphatic heterocycles. The van der Waals surface area contributed by atoms with Gasteiger partial charge in [-0.25, -0.2) is 9.78 Å². The van der Waals surface area contributed by atoms with Gasteiger partial charge in [-0.1, -0.05) is 30.3 Å². The second-order valence-corrected chi connectivity index (χ2v) is 8.31. The molecule has 0 bridgehead atoms. The Morgan fingerprint density at radius 2 is 1.71 bits per heavy atom. The van der Waals surface area contributed by atoms with E-state index >= 15 is 0 Å². The molecule has 1 fully saturated rings. The highest BCUT2D eigenvalue weighted by Crippen LogP contribution is 2.23. The number of carbonyl (C=O) groups excluding carboxylic acids is 2. The van der Waals surface area contributed by atoms with E-state index in [9.17, 15) is 19.2 Å². The molecule has 178 valence electrons. The first kappa shape index (κ1) is 22.3. The third kappa shape index (κ3) is 4.03. The summed E-state index contributed by atoms with van der Waals surface area (Å²) in [5.41, 5.74) is 0.108. The van der Waals surface area contributed by atoms with Crippen LogP contribution in [0.3, 0.4) is 0 Å². The average Bonchev–Trinajstić information content (AvgIpc) is 3.44. The number of hydrogen-bond donors (Lipinski definition) is 0. The van der Waals surface area contributed by atoms with Crippen LogP contribution in [-0.4, -0.2) is 56.9 Å². The van der Waals surface area contributed by atoms with Gasteiger partial charge in [0.25, 0.3) is 11.5 Å². The molecule has 0 N–H and O–H groups in total. The number of rotatable bonds is 5. The number of carbonyl (C=O) groups is 2. The number of amides is 1. The Balaban J connectivity index is 1.48. The van der Waals surface area contributed by atoms with Crippen molar-refractivity contribution in [3.8, 4) is 0 Å². The number of anilines is 1. The third-order valence-corrected chi connectivity index (χ3v) is 6.24. The average molecular weight is 473 g/mol. The van der Waals surface area contributed by atoms with E-state index in [2.05, 4.69) is 4.98 Å². The summed E-state index contributed by atoms with van der Waals surface area (Å²) in [6.07, 6.45) is 3.01. The highest BCUT2D eigenvalue weighted by atomic mass is 16.3. The summed E-state index contributed by atoms with van der Waals surface area (Å²) in [5.74, 6) is -0.230. The zero-order valence-corrected chi connectivity index (χ0v) is 19.1. The van der Waals surface area contributed by atoms with Gasteiger partial charge >= 0.3 is 5.69 Å². The van der Waals surface area contributed by atoms with Gasteiger partial charge in [-0.2, -0.15) is 0 Å². The lowest BCUT2D eigenvalue weighted by atomic mass is 10.1. The van der Waals surface area contributed by atoms with Gasteiger partial charge < -0.3 is 14.2 Å². The minimum atomic E-state index is -0.606. The zero-order chi connectivity index (χ0) is 24.5. The summed E-state index contributed by atoms with van der Waals surface area (Å²) < 4.78 is 7.46. The molecular weight excluding hydrogens is 450 g/mol. The fourth-order valence-corrected chi connectivity index (χ4v) is 4.36. The number of nitrogens with zero attached hydrogens (tertiary/aromatic N) is 5. The summed E-state index contributed by atoms with van der Waals surface area (Å²) in [6.45, 7) is 1.48. The topological polar surface area (TPSA) is 111 Å². The van der Waals surface area contributed by atoms with Gasteiger partial charge in [0.1, 0.15) is 5.39 Å².